The van der Waals surface area contributed by atoms with Crippen molar-refractivity contribution in [2.75, 3.05) is 0 Å². The molecule has 72 valence electrons. The first-order chi connectivity index (χ1) is 5.90. The zero-order valence-corrected chi connectivity index (χ0v) is 8.69. The normalized spacial score (nSPS) is 11.8. The molecule has 2 heteroatoms. The number of aromatic nitrogens is 1. The van der Waals surface area contributed by atoms with Crippen LogP contribution >= 0.6 is 0 Å². The van der Waals surface area contributed by atoms with Crippen molar-refractivity contribution in [3.8, 4) is 0 Å². The Hall–Kier alpha value is -0.920. The van der Waals surface area contributed by atoms with Gasteiger partial charge in [-0.2, -0.15) is 0 Å². The second-order valence-corrected chi connectivity index (χ2v) is 4.63. The van der Waals surface area contributed by atoms with Crippen molar-refractivity contribution in [2.45, 2.75) is 34.1 Å². The Bertz CT molecular complexity index is 299. The number of hydrogen-bond acceptors (Lipinski definition) is 1. The molecule has 1 aromatic rings. The zero-order chi connectivity index (χ0) is 10.1. The average molecular weight is 181 g/mol. The maximum Gasteiger partial charge on any atom is 0.147 e. The largest absolute Gasteiger partial charge is 0.258 e. The number of pyridine rings is 1. The molecular formula is C11H16FN. The minimum Gasteiger partial charge on any atom is -0.258 e. The molecule has 0 radical (unpaired) electrons. The molecule has 0 atom stereocenters. The third-order valence-corrected chi connectivity index (χ3v) is 1.85. The van der Waals surface area contributed by atoms with Crippen LogP contribution in [0.2, 0.25) is 0 Å². The minimum absolute atomic E-state index is 0.0850. The molecule has 1 rings (SSSR count). The molecule has 0 fully saturated rings. The van der Waals surface area contributed by atoms with Crippen LogP contribution in [0.1, 0.15) is 32.0 Å². The summed E-state index contributed by atoms with van der Waals surface area (Å²) < 4.78 is 13.5. The summed E-state index contributed by atoms with van der Waals surface area (Å²) in [5, 5.41) is 0. The van der Waals surface area contributed by atoms with E-state index >= 15 is 0 Å². The number of hydrogen-bond donors (Lipinski definition) is 0. The third-order valence-electron chi connectivity index (χ3n) is 1.85. The topological polar surface area (TPSA) is 12.9 Å². The number of halogens is 1. The predicted octanol–water partition coefficient (Wildman–Crippen LogP) is 3.12. The molecular weight excluding hydrogens is 165 g/mol. The van der Waals surface area contributed by atoms with E-state index in [1.807, 2.05) is 0 Å². The molecule has 0 spiro atoms. The standard InChI is InChI=1S/C11H16FN/c1-8-5-6-13-9(10(8)12)7-11(2,3)4/h5-6H,7H2,1-4H3. The smallest absolute Gasteiger partial charge is 0.147 e. The molecule has 0 saturated carbocycles. The molecule has 0 bridgehead atoms. The first kappa shape index (κ1) is 10.2. The summed E-state index contributed by atoms with van der Waals surface area (Å²) in [5.74, 6) is -0.155. The molecule has 13 heavy (non-hydrogen) atoms. The highest BCUT2D eigenvalue weighted by atomic mass is 19.1. The lowest BCUT2D eigenvalue weighted by Gasteiger charge is -2.17. The van der Waals surface area contributed by atoms with E-state index in [0.29, 0.717) is 17.7 Å². The van der Waals surface area contributed by atoms with Gasteiger partial charge >= 0.3 is 0 Å². The average Bonchev–Trinajstić information content (AvgIpc) is 1.96. The third kappa shape index (κ3) is 2.79. The lowest BCUT2D eigenvalue weighted by Crippen LogP contribution is -2.12. The van der Waals surface area contributed by atoms with Crippen molar-refractivity contribution in [1.29, 1.82) is 0 Å². The summed E-state index contributed by atoms with van der Waals surface area (Å²) in [6.45, 7) is 8.01. The van der Waals surface area contributed by atoms with E-state index in [1.54, 1.807) is 19.2 Å². The minimum atomic E-state index is -0.155. The highest BCUT2D eigenvalue weighted by molar-refractivity contribution is 5.18. The number of nitrogens with zero attached hydrogens (tertiary/aromatic N) is 1. The Morgan fingerprint density at radius 2 is 2.00 bits per heavy atom. The molecule has 0 amide bonds. The van der Waals surface area contributed by atoms with Gasteiger partial charge in [-0.3, -0.25) is 4.98 Å². The van der Waals surface area contributed by atoms with Gasteiger partial charge in [-0.1, -0.05) is 20.8 Å². The van der Waals surface area contributed by atoms with Crippen molar-refractivity contribution in [3.63, 3.8) is 0 Å². The summed E-state index contributed by atoms with van der Waals surface area (Å²) in [5.41, 5.74) is 1.34. The lowest BCUT2D eigenvalue weighted by atomic mass is 9.90. The summed E-state index contributed by atoms with van der Waals surface area (Å²) in [7, 11) is 0. The van der Waals surface area contributed by atoms with Gasteiger partial charge in [0.1, 0.15) is 5.82 Å². The van der Waals surface area contributed by atoms with Crippen LogP contribution in [-0.4, -0.2) is 4.98 Å². The van der Waals surface area contributed by atoms with Crippen LogP contribution in [0, 0.1) is 18.2 Å². The molecule has 1 heterocycles. The van der Waals surface area contributed by atoms with Gasteiger partial charge in [0.25, 0.3) is 0 Å². The van der Waals surface area contributed by atoms with Crippen LogP contribution in [0.15, 0.2) is 12.3 Å². The van der Waals surface area contributed by atoms with Gasteiger partial charge in [-0.05, 0) is 30.4 Å². The Balaban J connectivity index is 2.96. The maximum atomic E-state index is 13.5. The van der Waals surface area contributed by atoms with E-state index in [0.717, 1.165) is 0 Å². The molecule has 0 N–H and O–H groups in total. The van der Waals surface area contributed by atoms with Crippen LogP contribution < -0.4 is 0 Å². The van der Waals surface area contributed by atoms with E-state index < -0.39 is 0 Å². The van der Waals surface area contributed by atoms with Crippen molar-refractivity contribution in [1.82, 2.24) is 4.98 Å². The van der Waals surface area contributed by atoms with E-state index in [-0.39, 0.29) is 11.2 Å². The van der Waals surface area contributed by atoms with Crippen molar-refractivity contribution >= 4 is 0 Å². The van der Waals surface area contributed by atoms with Gasteiger partial charge < -0.3 is 0 Å². The Kier molecular flexibility index (Phi) is 2.69. The molecule has 1 aromatic heterocycles. The van der Waals surface area contributed by atoms with Crippen LogP contribution in [0.25, 0.3) is 0 Å². The molecule has 0 aromatic carbocycles. The number of rotatable bonds is 1. The van der Waals surface area contributed by atoms with E-state index in [1.165, 1.54) is 0 Å². The second kappa shape index (κ2) is 3.44. The molecule has 0 aliphatic rings. The first-order valence-electron chi connectivity index (χ1n) is 4.50. The summed E-state index contributed by atoms with van der Waals surface area (Å²) in [6, 6.07) is 1.70. The summed E-state index contributed by atoms with van der Waals surface area (Å²) >= 11 is 0. The quantitative estimate of drug-likeness (QED) is 0.648. The zero-order valence-electron chi connectivity index (χ0n) is 8.69. The fourth-order valence-electron chi connectivity index (χ4n) is 1.22. The van der Waals surface area contributed by atoms with Crippen molar-refractivity contribution in [2.24, 2.45) is 5.41 Å². The van der Waals surface area contributed by atoms with Crippen LogP contribution in [-0.2, 0) is 6.42 Å². The van der Waals surface area contributed by atoms with Gasteiger partial charge in [-0.25, -0.2) is 4.39 Å². The van der Waals surface area contributed by atoms with Gasteiger partial charge in [0, 0.05) is 6.20 Å². The maximum absolute atomic E-state index is 13.5. The molecule has 1 nitrogen and oxygen atoms in total. The molecule has 0 saturated heterocycles. The van der Waals surface area contributed by atoms with Crippen molar-refractivity contribution < 1.29 is 4.39 Å². The SMILES string of the molecule is Cc1ccnc(CC(C)(C)C)c1F. The highest BCUT2D eigenvalue weighted by Gasteiger charge is 2.16. The summed E-state index contributed by atoms with van der Waals surface area (Å²) in [4.78, 5) is 4.05. The van der Waals surface area contributed by atoms with Crippen LogP contribution in [0.5, 0.6) is 0 Å². The molecule has 0 aliphatic carbocycles. The first-order valence-corrected chi connectivity index (χ1v) is 4.50. The van der Waals surface area contributed by atoms with Gasteiger partial charge in [0.15, 0.2) is 0 Å². The highest BCUT2D eigenvalue weighted by Crippen LogP contribution is 2.21. The predicted molar refractivity (Wildman–Crippen MR) is 52.1 cm³/mol. The molecule has 0 unspecified atom stereocenters. The Morgan fingerprint density at radius 1 is 1.38 bits per heavy atom. The van der Waals surface area contributed by atoms with Crippen LogP contribution in [0.3, 0.4) is 0 Å². The van der Waals surface area contributed by atoms with Gasteiger partial charge in [-0.15, -0.1) is 0 Å². The van der Waals surface area contributed by atoms with Crippen LogP contribution in [0.4, 0.5) is 4.39 Å². The van der Waals surface area contributed by atoms with E-state index in [4.69, 9.17) is 0 Å². The Labute approximate surface area is 79.0 Å². The lowest BCUT2D eigenvalue weighted by molar-refractivity contribution is 0.395. The Morgan fingerprint density at radius 3 is 2.54 bits per heavy atom. The monoisotopic (exact) mass is 181 g/mol. The van der Waals surface area contributed by atoms with Gasteiger partial charge in [0.2, 0.25) is 0 Å². The van der Waals surface area contributed by atoms with Crippen molar-refractivity contribution in [3.05, 3.63) is 29.3 Å². The fourth-order valence-corrected chi connectivity index (χ4v) is 1.22. The van der Waals surface area contributed by atoms with E-state index in [9.17, 15) is 4.39 Å². The second-order valence-electron chi connectivity index (χ2n) is 4.63. The van der Waals surface area contributed by atoms with Gasteiger partial charge in [0.05, 0.1) is 5.69 Å². The van der Waals surface area contributed by atoms with E-state index in [2.05, 4.69) is 25.8 Å². The number of aryl methyl sites for hydroxylation is 1. The molecule has 0 aliphatic heterocycles. The fraction of sp³-hybridized carbons (Fsp3) is 0.545. The summed E-state index contributed by atoms with van der Waals surface area (Å²) in [6.07, 6.45) is 2.35.